The summed E-state index contributed by atoms with van der Waals surface area (Å²) in [5.74, 6) is 0. The van der Waals surface area contributed by atoms with Crippen molar-refractivity contribution in [2.24, 2.45) is 5.41 Å². The molecular weight excluding hydrogens is 274 g/mol. The molecule has 1 aromatic heterocycles. The monoisotopic (exact) mass is 297 g/mol. The first kappa shape index (κ1) is 15.3. The zero-order valence-electron chi connectivity index (χ0n) is 12.1. The number of nitrogens with one attached hydrogen (secondary N) is 2. The van der Waals surface area contributed by atoms with Gasteiger partial charge in [-0.3, -0.25) is 0 Å². The number of aromatic nitrogens is 1. The summed E-state index contributed by atoms with van der Waals surface area (Å²) in [6.45, 7) is 5.21. The Bertz CT molecular complexity index is 551. The lowest BCUT2D eigenvalue weighted by Crippen LogP contribution is -2.34. The molecule has 0 atom stereocenters. The highest BCUT2D eigenvalue weighted by Gasteiger charge is 2.31. The average Bonchev–Trinajstić information content (AvgIpc) is 2.85. The van der Waals surface area contributed by atoms with Gasteiger partial charge in [0.05, 0.1) is 5.69 Å². The molecule has 0 spiro atoms. The minimum Gasteiger partial charge on any atom is -0.383 e. The standard InChI is InChI=1S/C14H23N3O2S/c1-3-15-12-7-6-10-16-13(12)20(18,19)17-11-14(2)8-4-5-9-14/h6-7,10,15,17H,3-5,8-9,11H2,1-2H3. The van der Waals surface area contributed by atoms with E-state index < -0.39 is 10.0 Å². The molecule has 1 saturated carbocycles. The number of nitrogens with zero attached hydrogens (tertiary/aromatic N) is 1. The summed E-state index contributed by atoms with van der Waals surface area (Å²) >= 11 is 0. The molecule has 20 heavy (non-hydrogen) atoms. The van der Waals surface area contributed by atoms with Gasteiger partial charge in [0.15, 0.2) is 5.03 Å². The van der Waals surface area contributed by atoms with Gasteiger partial charge in [-0.15, -0.1) is 0 Å². The van der Waals surface area contributed by atoms with Gasteiger partial charge < -0.3 is 5.32 Å². The second-order valence-electron chi connectivity index (χ2n) is 5.73. The molecule has 0 bridgehead atoms. The molecule has 1 aliphatic carbocycles. The number of rotatable bonds is 6. The Morgan fingerprint density at radius 1 is 1.35 bits per heavy atom. The molecule has 1 fully saturated rings. The summed E-state index contributed by atoms with van der Waals surface area (Å²) in [4.78, 5) is 4.02. The Morgan fingerprint density at radius 2 is 2.05 bits per heavy atom. The van der Waals surface area contributed by atoms with E-state index in [9.17, 15) is 8.42 Å². The average molecular weight is 297 g/mol. The minimum absolute atomic E-state index is 0.0835. The molecule has 1 heterocycles. The molecule has 1 aliphatic rings. The van der Waals surface area contributed by atoms with Crippen LogP contribution in [0, 0.1) is 5.41 Å². The Balaban J connectivity index is 2.14. The summed E-state index contributed by atoms with van der Waals surface area (Å²) in [5.41, 5.74) is 0.638. The quantitative estimate of drug-likeness (QED) is 0.845. The lowest BCUT2D eigenvalue weighted by Gasteiger charge is -2.23. The van der Waals surface area contributed by atoms with Crippen molar-refractivity contribution in [1.82, 2.24) is 9.71 Å². The maximum absolute atomic E-state index is 12.4. The van der Waals surface area contributed by atoms with Crippen LogP contribution in [0.1, 0.15) is 39.5 Å². The molecule has 0 saturated heterocycles. The van der Waals surface area contributed by atoms with E-state index in [1.165, 1.54) is 19.0 Å². The highest BCUT2D eigenvalue weighted by molar-refractivity contribution is 7.89. The van der Waals surface area contributed by atoms with Crippen LogP contribution in [0.5, 0.6) is 0 Å². The van der Waals surface area contributed by atoms with Gasteiger partial charge in [0.2, 0.25) is 0 Å². The first-order valence-corrected chi connectivity index (χ1v) is 8.64. The molecule has 2 N–H and O–H groups in total. The van der Waals surface area contributed by atoms with Crippen LogP contribution >= 0.6 is 0 Å². The van der Waals surface area contributed by atoms with Crippen molar-refractivity contribution in [1.29, 1.82) is 0 Å². The number of hydrogen-bond donors (Lipinski definition) is 2. The van der Waals surface area contributed by atoms with Crippen LogP contribution in [0.3, 0.4) is 0 Å². The minimum atomic E-state index is -3.56. The smallest absolute Gasteiger partial charge is 0.260 e. The Labute approximate surface area is 121 Å². The molecule has 6 heteroatoms. The van der Waals surface area contributed by atoms with Crippen LogP contribution in [-0.4, -0.2) is 26.5 Å². The fourth-order valence-electron chi connectivity index (χ4n) is 2.67. The van der Waals surface area contributed by atoms with Crippen molar-refractivity contribution in [3.8, 4) is 0 Å². The summed E-state index contributed by atoms with van der Waals surface area (Å²) in [5, 5.41) is 3.12. The van der Waals surface area contributed by atoms with E-state index in [-0.39, 0.29) is 10.4 Å². The topological polar surface area (TPSA) is 71.1 Å². The molecule has 0 aromatic carbocycles. The predicted octanol–water partition coefficient (Wildman–Crippen LogP) is 2.37. The highest BCUT2D eigenvalue weighted by atomic mass is 32.2. The number of pyridine rings is 1. The van der Waals surface area contributed by atoms with Gasteiger partial charge in [-0.1, -0.05) is 19.8 Å². The van der Waals surface area contributed by atoms with E-state index in [0.29, 0.717) is 18.8 Å². The van der Waals surface area contributed by atoms with Gasteiger partial charge in [-0.05, 0) is 37.3 Å². The van der Waals surface area contributed by atoms with Gasteiger partial charge >= 0.3 is 0 Å². The molecule has 5 nitrogen and oxygen atoms in total. The largest absolute Gasteiger partial charge is 0.383 e. The van der Waals surface area contributed by atoms with Crippen molar-refractivity contribution < 1.29 is 8.42 Å². The Kier molecular flexibility index (Phi) is 4.65. The second kappa shape index (κ2) is 6.10. The molecule has 1 aromatic rings. The van der Waals surface area contributed by atoms with Gasteiger partial charge in [0, 0.05) is 19.3 Å². The summed E-state index contributed by atoms with van der Waals surface area (Å²) in [6, 6.07) is 3.47. The lowest BCUT2D eigenvalue weighted by molar-refractivity contribution is 0.336. The molecule has 112 valence electrons. The number of anilines is 1. The fraction of sp³-hybridized carbons (Fsp3) is 0.643. The predicted molar refractivity (Wildman–Crippen MR) is 80.2 cm³/mol. The molecule has 0 radical (unpaired) electrons. The van der Waals surface area contributed by atoms with Crippen LogP contribution < -0.4 is 10.0 Å². The molecular formula is C14H23N3O2S. The van der Waals surface area contributed by atoms with Gasteiger partial charge in [0.1, 0.15) is 0 Å². The van der Waals surface area contributed by atoms with Crippen molar-refractivity contribution in [2.75, 3.05) is 18.4 Å². The zero-order valence-corrected chi connectivity index (χ0v) is 13.0. The van der Waals surface area contributed by atoms with Crippen LogP contribution in [0.25, 0.3) is 0 Å². The van der Waals surface area contributed by atoms with E-state index in [1.807, 2.05) is 6.92 Å². The van der Waals surface area contributed by atoms with Crippen LogP contribution in [-0.2, 0) is 10.0 Å². The van der Waals surface area contributed by atoms with E-state index in [2.05, 4.69) is 21.9 Å². The van der Waals surface area contributed by atoms with Crippen molar-refractivity contribution in [3.05, 3.63) is 18.3 Å². The zero-order chi connectivity index (χ0) is 14.6. The van der Waals surface area contributed by atoms with Crippen molar-refractivity contribution in [3.63, 3.8) is 0 Å². The van der Waals surface area contributed by atoms with E-state index >= 15 is 0 Å². The van der Waals surface area contributed by atoms with Crippen LogP contribution in [0.2, 0.25) is 0 Å². The SMILES string of the molecule is CCNc1cccnc1S(=O)(=O)NCC1(C)CCCC1. The number of hydrogen-bond acceptors (Lipinski definition) is 4. The third-order valence-electron chi connectivity index (χ3n) is 3.89. The third kappa shape index (κ3) is 3.49. The van der Waals surface area contributed by atoms with Crippen molar-refractivity contribution in [2.45, 2.75) is 44.6 Å². The summed E-state index contributed by atoms with van der Waals surface area (Å²) in [6.07, 6.45) is 6.04. The fourth-order valence-corrected chi connectivity index (χ4v) is 3.98. The third-order valence-corrected chi connectivity index (χ3v) is 5.25. The van der Waals surface area contributed by atoms with E-state index in [0.717, 1.165) is 12.8 Å². The Hall–Kier alpha value is -1.14. The molecule has 2 rings (SSSR count). The molecule has 0 amide bonds. The molecule has 0 aliphatic heterocycles. The first-order chi connectivity index (χ1) is 9.47. The maximum atomic E-state index is 12.4. The number of sulfonamides is 1. The van der Waals surface area contributed by atoms with Crippen LogP contribution in [0.4, 0.5) is 5.69 Å². The van der Waals surface area contributed by atoms with Crippen LogP contribution in [0.15, 0.2) is 23.4 Å². The van der Waals surface area contributed by atoms with E-state index in [4.69, 9.17) is 0 Å². The normalized spacial score (nSPS) is 18.1. The molecule has 0 unspecified atom stereocenters. The van der Waals surface area contributed by atoms with Gasteiger partial charge in [-0.2, -0.15) is 0 Å². The van der Waals surface area contributed by atoms with Gasteiger partial charge in [-0.25, -0.2) is 18.1 Å². The van der Waals surface area contributed by atoms with Gasteiger partial charge in [0.25, 0.3) is 10.0 Å². The lowest BCUT2D eigenvalue weighted by atomic mass is 9.89. The summed E-state index contributed by atoms with van der Waals surface area (Å²) in [7, 11) is -3.56. The second-order valence-corrected chi connectivity index (χ2v) is 7.41. The van der Waals surface area contributed by atoms with Crippen molar-refractivity contribution >= 4 is 15.7 Å². The summed E-state index contributed by atoms with van der Waals surface area (Å²) < 4.78 is 27.6. The first-order valence-electron chi connectivity index (χ1n) is 7.15. The maximum Gasteiger partial charge on any atom is 0.260 e. The Morgan fingerprint density at radius 3 is 2.70 bits per heavy atom. The highest BCUT2D eigenvalue weighted by Crippen LogP contribution is 2.37. The van der Waals surface area contributed by atoms with E-state index in [1.54, 1.807) is 12.1 Å².